The standard InChI is InChI=1S/C19H23N5O2S/c1-18(2)7-13(8-19(3,4)26-18)16(25)22-17-20-9-14(27-17)12-5-6-15-23-21-11-24(15)10-12/h5-6,9-11,13H,7-8H2,1-4H3,(H,20,22,25). The Bertz CT molecular complexity index is 975. The van der Waals surface area contributed by atoms with E-state index in [1.165, 1.54) is 11.3 Å². The first-order chi connectivity index (χ1) is 12.7. The molecule has 0 unspecified atom stereocenters. The van der Waals surface area contributed by atoms with Crippen molar-refractivity contribution in [1.29, 1.82) is 0 Å². The van der Waals surface area contributed by atoms with Crippen LogP contribution in [0, 0.1) is 5.92 Å². The van der Waals surface area contributed by atoms with Crippen LogP contribution in [-0.4, -0.2) is 36.7 Å². The molecule has 1 amide bonds. The number of aromatic nitrogens is 4. The van der Waals surface area contributed by atoms with Crippen molar-refractivity contribution in [2.75, 3.05) is 5.32 Å². The minimum Gasteiger partial charge on any atom is -0.370 e. The largest absolute Gasteiger partial charge is 0.370 e. The Morgan fingerprint density at radius 2 is 2.00 bits per heavy atom. The Labute approximate surface area is 161 Å². The van der Waals surface area contributed by atoms with Gasteiger partial charge in [0.15, 0.2) is 10.8 Å². The van der Waals surface area contributed by atoms with Gasteiger partial charge in [-0.25, -0.2) is 4.98 Å². The molecule has 3 aromatic heterocycles. The molecule has 0 aliphatic carbocycles. The number of carbonyl (C=O) groups is 1. The number of anilines is 1. The normalized spacial score (nSPS) is 19.3. The maximum atomic E-state index is 12.8. The van der Waals surface area contributed by atoms with Crippen molar-refractivity contribution in [2.24, 2.45) is 5.92 Å². The number of pyridine rings is 1. The van der Waals surface area contributed by atoms with E-state index in [1.807, 2.05) is 50.4 Å². The average Bonchev–Trinajstić information content (AvgIpc) is 3.19. The van der Waals surface area contributed by atoms with Crippen molar-refractivity contribution in [3.8, 4) is 10.4 Å². The van der Waals surface area contributed by atoms with E-state index in [9.17, 15) is 4.79 Å². The summed E-state index contributed by atoms with van der Waals surface area (Å²) in [4.78, 5) is 18.2. The highest BCUT2D eigenvalue weighted by Crippen LogP contribution is 2.39. The topological polar surface area (TPSA) is 81.4 Å². The number of nitrogens with zero attached hydrogens (tertiary/aromatic N) is 4. The molecule has 0 spiro atoms. The molecule has 4 rings (SSSR count). The lowest BCUT2D eigenvalue weighted by Gasteiger charge is -2.44. The molecular formula is C19H23N5O2S. The fourth-order valence-electron chi connectivity index (χ4n) is 3.92. The molecule has 27 heavy (non-hydrogen) atoms. The van der Waals surface area contributed by atoms with Crippen LogP contribution in [0.5, 0.6) is 0 Å². The number of hydrogen-bond acceptors (Lipinski definition) is 6. The smallest absolute Gasteiger partial charge is 0.229 e. The molecule has 142 valence electrons. The monoisotopic (exact) mass is 385 g/mol. The van der Waals surface area contributed by atoms with Crippen molar-refractivity contribution in [2.45, 2.75) is 51.7 Å². The molecule has 1 N–H and O–H groups in total. The molecule has 0 aromatic carbocycles. The van der Waals surface area contributed by atoms with Gasteiger partial charge in [-0.05, 0) is 52.7 Å². The molecule has 7 nitrogen and oxygen atoms in total. The van der Waals surface area contributed by atoms with Crippen LogP contribution in [-0.2, 0) is 9.53 Å². The van der Waals surface area contributed by atoms with Crippen molar-refractivity contribution < 1.29 is 9.53 Å². The molecule has 4 heterocycles. The summed E-state index contributed by atoms with van der Waals surface area (Å²) in [6, 6.07) is 3.89. The second kappa shape index (κ2) is 6.38. The molecule has 0 atom stereocenters. The second-order valence-corrected chi connectivity index (χ2v) is 9.29. The predicted octanol–water partition coefficient (Wildman–Crippen LogP) is 3.78. The predicted molar refractivity (Wildman–Crippen MR) is 105 cm³/mol. The van der Waals surface area contributed by atoms with Crippen LogP contribution in [0.15, 0.2) is 30.9 Å². The lowest BCUT2D eigenvalue weighted by atomic mass is 9.80. The fraction of sp³-hybridized carbons (Fsp3) is 0.474. The van der Waals surface area contributed by atoms with Gasteiger partial charge in [0.25, 0.3) is 0 Å². The number of fused-ring (bicyclic) bond motifs is 1. The quantitative estimate of drug-likeness (QED) is 0.742. The lowest BCUT2D eigenvalue weighted by Crippen LogP contribution is -2.48. The summed E-state index contributed by atoms with van der Waals surface area (Å²) in [6.45, 7) is 8.15. The summed E-state index contributed by atoms with van der Waals surface area (Å²) in [5, 5.41) is 11.5. The third-order valence-corrected chi connectivity index (χ3v) is 5.67. The van der Waals surface area contributed by atoms with E-state index >= 15 is 0 Å². The van der Waals surface area contributed by atoms with Gasteiger partial charge in [0.1, 0.15) is 6.33 Å². The summed E-state index contributed by atoms with van der Waals surface area (Å²) < 4.78 is 7.94. The molecular weight excluding hydrogens is 362 g/mol. The van der Waals surface area contributed by atoms with Gasteiger partial charge in [0.2, 0.25) is 5.91 Å². The number of thiazole rings is 1. The maximum absolute atomic E-state index is 12.8. The number of rotatable bonds is 3. The van der Waals surface area contributed by atoms with Crippen molar-refractivity contribution in [1.82, 2.24) is 19.6 Å². The summed E-state index contributed by atoms with van der Waals surface area (Å²) in [7, 11) is 0. The van der Waals surface area contributed by atoms with Crippen LogP contribution in [0.4, 0.5) is 5.13 Å². The number of nitrogens with one attached hydrogen (secondary N) is 1. The Morgan fingerprint density at radius 3 is 2.74 bits per heavy atom. The molecule has 1 fully saturated rings. The van der Waals surface area contributed by atoms with E-state index in [4.69, 9.17) is 4.74 Å². The highest BCUT2D eigenvalue weighted by Gasteiger charge is 2.42. The Hall–Kier alpha value is -2.32. The van der Waals surface area contributed by atoms with Gasteiger partial charge in [0, 0.05) is 23.9 Å². The maximum Gasteiger partial charge on any atom is 0.229 e. The van der Waals surface area contributed by atoms with Crippen molar-refractivity contribution >= 4 is 28.0 Å². The van der Waals surface area contributed by atoms with Crippen LogP contribution >= 0.6 is 11.3 Å². The average molecular weight is 385 g/mol. The van der Waals surface area contributed by atoms with Crippen molar-refractivity contribution in [3.63, 3.8) is 0 Å². The third kappa shape index (κ3) is 3.86. The van der Waals surface area contributed by atoms with Gasteiger partial charge >= 0.3 is 0 Å². The van der Waals surface area contributed by atoms with Gasteiger partial charge in [-0.2, -0.15) is 0 Å². The summed E-state index contributed by atoms with van der Waals surface area (Å²) >= 11 is 1.46. The Kier molecular flexibility index (Phi) is 4.27. The molecule has 0 bridgehead atoms. The highest BCUT2D eigenvalue weighted by molar-refractivity contribution is 7.19. The molecule has 3 aromatic rings. The van der Waals surface area contributed by atoms with Gasteiger partial charge in [0.05, 0.1) is 16.1 Å². The van der Waals surface area contributed by atoms with E-state index in [0.29, 0.717) is 18.0 Å². The molecule has 8 heteroatoms. The number of ether oxygens (including phenoxy) is 1. The van der Waals surface area contributed by atoms with Crippen LogP contribution < -0.4 is 5.32 Å². The minimum atomic E-state index is -0.313. The van der Waals surface area contributed by atoms with Gasteiger partial charge in [-0.15, -0.1) is 10.2 Å². The molecule has 1 aliphatic rings. The van der Waals surface area contributed by atoms with Crippen LogP contribution in [0.3, 0.4) is 0 Å². The van der Waals surface area contributed by atoms with E-state index in [-0.39, 0.29) is 23.0 Å². The first-order valence-corrected chi connectivity index (χ1v) is 9.79. The molecule has 0 saturated carbocycles. The summed E-state index contributed by atoms with van der Waals surface area (Å²) in [5.74, 6) is -0.0842. The zero-order valence-corrected chi connectivity index (χ0v) is 16.7. The lowest BCUT2D eigenvalue weighted by molar-refractivity contribution is -0.176. The zero-order valence-electron chi connectivity index (χ0n) is 15.9. The van der Waals surface area contributed by atoms with E-state index in [2.05, 4.69) is 20.5 Å². The Balaban J connectivity index is 1.49. The summed E-state index contributed by atoms with van der Waals surface area (Å²) in [5.41, 5.74) is 1.17. The Morgan fingerprint density at radius 1 is 1.26 bits per heavy atom. The van der Waals surface area contributed by atoms with Crippen molar-refractivity contribution in [3.05, 3.63) is 30.9 Å². The molecule has 0 radical (unpaired) electrons. The summed E-state index contributed by atoms with van der Waals surface area (Å²) in [6.07, 6.45) is 6.80. The first-order valence-electron chi connectivity index (χ1n) is 8.97. The molecule has 1 saturated heterocycles. The third-order valence-electron chi connectivity index (χ3n) is 4.71. The minimum absolute atomic E-state index is 0.00890. The van der Waals surface area contributed by atoms with Gasteiger partial charge in [-0.3, -0.25) is 9.20 Å². The second-order valence-electron chi connectivity index (χ2n) is 8.26. The first kappa shape index (κ1) is 18.1. The highest BCUT2D eigenvalue weighted by atomic mass is 32.1. The van der Waals surface area contributed by atoms with E-state index in [1.54, 1.807) is 12.5 Å². The SMILES string of the molecule is CC1(C)CC(C(=O)Nc2ncc(-c3ccc4nncn4c3)s2)CC(C)(C)O1. The van der Waals surface area contributed by atoms with Crippen LogP contribution in [0.25, 0.3) is 16.1 Å². The van der Waals surface area contributed by atoms with E-state index in [0.717, 1.165) is 16.1 Å². The van der Waals surface area contributed by atoms with Crippen LogP contribution in [0.2, 0.25) is 0 Å². The fourth-order valence-corrected chi connectivity index (χ4v) is 4.73. The van der Waals surface area contributed by atoms with Crippen LogP contribution in [0.1, 0.15) is 40.5 Å². The number of amides is 1. The van der Waals surface area contributed by atoms with Gasteiger partial charge in [-0.1, -0.05) is 11.3 Å². The van der Waals surface area contributed by atoms with Gasteiger partial charge < -0.3 is 10.1 Å². The number of carbonyl (C=O) groups excluding carboxylic acids is 1. The molecule has 1 aliphatic heterocycles. The zero-order chi connectivity index (χ0) is 19.2. The number of hydrogen-bond donors (Lipinski definition) is 1. The van der Waals surface area contributed by atoms with E-state index < -0.39 is 0 Å².